The van der Waals surface area contributed by atoms with Gasteiger partial charge in [-0.25, -0.2) is 9.97 Å². The zero-order valence-electron chi connectivity index (χ0n) is 12.1. The summed E-state index contributed by atoms with van der Waals surface area (Å²) in [5.74, 6) is 2.90. The number of nitrogens with one attached hydrogen (secondary N) is 1. The second kappa shape index (κ2) is 7.73. The predicted octanol–water partition coefficient (Wildman–Crippen LogP) is 4.04. The maximum atomic E-state index is 4.68. The highest BCUT2D eigenvalue weighted by molar-refractivity contribution is 7.99. The topological polar surface area (TPSA) is 37.8 Å². The minimum atomic E-state index is 0.824. The Bertz CT molecular complexity index is 389. The summed E-state index contributed by atoms with van der Waals surface area (Å²) >= 11 is 2.04. The highest BCUT2D eigenvalue weighted by Crippen LogP contribution is 2.30. The van der Waals surface area contributed by atoms with E-state index in [-0.39, 0.29) is 0 Å². The number of hydrogen-bond acceptors (Lipinski definition) is 4. The van der Waals surface area contributed by atoms with Crippen LogP contribution in [0.1, 0.15) is 57.0 Å². The van der Waals surface area contributed by atoms with Crippen molar-refractivity contribution in [2.45, 2.75) is 62.9 Å². The van der Waals surface area contributed by atoms with Crippen LogP contribution in [0.3, 0.4) is 0 Å². The number of thioether (sulfide) groups is 1. The molecule has 0 atom stereocenters. The van der Waals surface area contributed by atoms with E-state index >= 15 is 0 Å². The minimum Gasteiger partial charge on any atom is -0.373 e. The molecule has 0 amide bonds. The van der Waals surface area contributed by atoms with Crippen LogP contribution < -0.4 is 5.32 Å². The van der Waals surface area contributed by atoms with Crippen molar-refractivity contribution in [1.82, 2.24) is 9.97 Å². The molecule has 19 heavy (non-hydrogen) atoms. The summed E-state index contributed by atoms with van der Waals surface area (Å²) in [6.07, 6.45) is 9.14. The van der Waals surface area contributed by atoms with Crippen molar-refractivity contribution in [3.63, 3.8) is 0 Å². The Labute approximate surface area is 121 Å². The van der Waals surface area contributed by atoms with Crippen LogP contribution in [0.4, 0.5) is 5.82 Å². The largest absolute Gasteiger partial charge is 0.373 e. The molecule has 1 heterocycles. The van der Waals surface area contributed by atoms with Gasteiger partial charge < -0.3 is 5.32 Å². The number of aromatic nitrogens is 2. The molecule has 1 N–H and O–H groups in total. The van der Waals surface area contributed by atoms with Crippen LogP contribution in [-0.2, 0) is 12.2 Å². The average molecular weight is 279 g/mol. The van der Waals surface area contributed by atoms with Gasteiger partial charge in [0.1, 0.15) is 11.6 Å². The Morgan fingerprint density at radius 3 is 2.74 bits per heavy atom. The standard InChI is InChI=1S/C15H25N3S/c1-3-7-12-10-14(16-2)18-15(17-12)11-19-13-8-5-4-6-9-13/h10,13H,3-9,11H2,1-2H3,(H,16,17,18). The lowest BCUT2D eigenvalue weighted by Crippen LogP contribution is -2.09. The Morgan fingerprint density at radius 1 is 1.26 bits per heavy atom. The van der Waals surface area contributed by atoms with Gasteiger partial charge in [-0.05, 0) is 19.3 Å². The fourth-order valence-electron chi connectivity index (χ4n) is 2.55. The minimum absolute atomic E-state index is 0.824. The highest BCUT2D eigenvalue weighted by Gasteiger charge is 2.14. The molecule has 0 saturated heterocycles. The van der Waals surface area contributed by atoms with Crippen molar-refractivity contribution < 1.29 is 0 Å². The lowest BCUT2D eigenvalue weighted by molar-refractivity contribution is 0.516. The zero-order chi connectivity index (χ0) is 13.5. The van der Waals surface area contributed by atoms with E-state index in [4.69, 9.17) is 0 Å². The van der Waals surface area contributed by atoms with Crippen molar-refractivity contribution in [1.29, 1.82) is 0 Å². The maximum absolute atomic E-state index is 4.68. The van der Waals surface area contributed by atoms with Crippen LogP contribution in [0, 0.1) is 0 Å². The number of aryl methyl sites for hydroxylation is 1. The third kappa shape index (κ3) is 4.68. The number of rotatable bonds is 6. The van der Waals surface area contributed by atoms with E-state index in [1.54, 1.807) is 0 Å². The van der Waals surface area contributed by atoms with Gasteiger partial charge in [0.05, 0.1) is 5.75 Å². The number of anilines is 1. The van der Waals surface area contributed by atoms with Crippen LogP contribution in [-0.4, -0.2) is 22.3 Å². The first-order valence-corrected chi connectivity index (χ1v) is 8.53. The van der Waals surface area contributed by atoms with E-state index < -0.39 is 0 Å². The molecule has 4 heteroatoms. The first kappa shape index (κ1) is 14.6. The Hall–Kier alpha value is -0.770. The molecule has 0 unspecified atom stereocenters. The van der Waals surface area contributed by atoms with Gasteiger partial charge in [-0.1, -0.05) is 32.6 Å². The van der Waals surface area contributed by atoms with Crippen LogP contribution in [0.2, 0.25) is 0 Å². The second-order valence-electron chi connectivity index (χ2n) is 5.23. The SMILES string of the molecule is CCCc1cc(NC)nc(CSC2CCCCC2)n1. The second-order valence-corrected chi connectivity index (χ2v) is 6.52. The van der Waals surface area contributed by atoms with Crippen LogP contribution >= 0.6 is 11.8 Å². The van der Waals surface area contributed by atoms with Crippen LogP contribution in [0.15, 0.2) is 6.07 Å². The third-order valence-electron chi connectivity index (χ3n) is 3.59. The normalized spacial score (nSPS) is 16.5. The molecule has 2 rings (SSSR count). The molecule has 1 aliphatic rings. The summed E-state index contributed by atoms with van der Waals surface area (Å²) in [5, 5.41) is 3.97. The van der Waals surface area contributed by atoms with Gasteiger partial charge >= 0.3 is 0 Å². The van der Waals surface area contributed by atoms with Crippen LogP contribution in [0.5, 0.6) is 0 Å². The summed E-state index contributed by atoms with van der Waals surface area (Å²) in [4.78, 5) is 9.26. The molecule has 1 saturated carbocycles. The molecule has 0 aromatic carbocycles. The van der Waals surface area contributed by atoms with E-state index in [9.17, 15) is 0 Å². The molecular formula is C15H25N3S. The van der Waals surface area contributed by atoms with Gasteiger partial charge in [-0.15, -0.1) is 0 Å². The smallest absolute Gasteiger partial charge is 0.140 e. The summed E-state index contributed by atoms with van der Waals surface area (Å²) in [7, 11) is 1.93. The monoisotopic (exact) mass is 279 g/mol. The predicted molar refractivity (Wildman–Crippen MR) is 83.7 cm³/mol. The van der Waals surface area contributed by atoms with E-state index in [2.05, 4.69) is 28.3 Å². The molecule has 106 valence electrons. The number of hydrogen-bond donors (Lipinski definition) is 1. The molecule has 1 aromatic heterocycles. The summed E-state index contributed by atoms with van der Waals surface area (Å²) in [6, 6.07) is 2.07. The number of nitrogens with zero attached hydrogens (tertiary/aromatic N) is 2. The van der Waals surface area contributed by atoms with E-state index in [1.165, 1.54) is 37.8 Å². The Morgan fingerprint density at radius 2 is 2.05 bits per heavy atom. The molecular weight excluding hydrogens is 254 g/mol. The lowest BCUT2D eigenvalue weighted by Gasteiger charge is -2.20. The zero-order valence-corrected chi connectivity index (χ0v) is 12.9. The third-order valence-corrected chi connectivity index (χ3v) is 4.96. The molecule has 0 bridgehead atoms. The van der Waals surface area contributed by atoms with E-state index in [1.807, 2.05) is 18.8 Å². The van der Waals surface area contributed by atoms with Gasteiger partial charge in [0.2, 0.25) is 0 Å². The molecule has 1 aliphatic carbocycles. The molecule has 0 spiro atoms. The fraction of sp³-hybridized carbons (Fsp3) is 0.733. The fourth-order valence-corrected chi connectivity index (χ4v) is 3.73. The van der Waals surface area contributed by atoms with Gasteiger partial charge in [0.25, 0.3) is 0 Å². The first-order chi connectivity index (χ1) is 9.31. The summed E-state index contributed by atoms with van der Waals surface area (Å²) < 4.78 is 0. The van der Waals surface area contributed by atoms with Gasteiger partial charge in [0, 0.05) is 24.1 Å². The van der Waals surface area contributed by atoms with Gasteiger partial charge in [-0.2, -0.15) is 11.8 Å². The molecule has 3 nitrogen and oxygen atoms in total. The van der Waals surface area contributed by atoms with Crippen molar-refractivity contribution in [3.8, 4) is 0 Å². The molecule has 0 radical (unpaired) electrons. The van der Waals surface area contributed by atoms with Crippen molar-refractivity contribution in [2.75, 3.05) is 12.4 Å². The van der Waals surface area contributed by atoms with Crippen LogP contribution in [0.25, 0.3) is 0 Å². The lowest BCUT2D eigenvalue weighted by atomic mass is 10.0. The summed E-state index contributed by atoms with van der Waals surface area (Å²) in [6.45, 7) is 2.19. The quantitative estimate of drug-likeness (QED) is 0.853. The van der Waals surface area contributed by atoms with Crippen molar-refractivity contribution in [3.05, 3.63) is 17.6 Å². The highest BCUT2D eigenvalue weighted by atomic mass is 32.2. The van der Waals surface area contributed by atoms with Gasteiger partial charge in [0.15, 0.2) is 0 Å². The molecule has 0 aliphatic heterocycles. The molecule has 1 aromatic rings. The Balaban J connectivity index is 1.95. The Kier molecular flexibility index (Phi) is 5.95. The van der Waals surface area contributed by atoms with E-state index in [0.29, 0.717) is 0 Å². The first-order valence-electron chi connectivity index (χ1n) is 7.48. The van der Waals surface area contributed by atoms with Crippen molar-refractivity contribution >= 4 is 17.6 Å². The molecule has 1 fully saturated rings. The van der Waals surface area contributed by atoms with E-state index in [0.717, 1.165) is 35.5 Å². The van der Waals surface area contributed by atoms with Crippen molar-refractivity contribution in [2.24, 2.45) is 0 Å². The maximum Gasteiger partial charge on any atom is 0.140 e. The summed E-state index contributed by atoms with van der Waals surface area (Å²) in [5.41, 5.74) is 1.17. The average Bonchev–Trinajstić information content (AvgIpc) is 2.46. The van der Waals surface area contributed by atoms with Gasteiger partial charge in [-0.3, -0.25) is 0 Å².